The summed E-state index contributed by atoms with van der Waals surface area (Å²) >= 11 is 9.67. The van der Waals surface area contributed by atoms with Gasteiger partial charge in [-0.15, -0.1) is 0 Å². The van der Waals surface area contributed by atoms with Gasteiger partial charge in [-0.05, 0) is 67.4 Å². The average molecular weight is 490 g/mol. The number of rotatable bonds is 2. The van der Waals surface area contributed by atoms with Crippen LogP contribution in [0.5, 0.6) is 0 Å². The Bertz CT molecular complexity index is 1200. The highest BCUT2D eigenvalue weighted by atomic mass is 79.9. The Labute approximate surface area is 188 Å². The molecule has 1 aliphatic heterocycles. The summed E-state index contributed by atoms with van der Waals surface area (Å²) in [5, 5.41) is 0.623. The largest absolute Gasteiger partial charge is 0.316 e. The van der Waals surface area contributed by atoms with Gasteiger partial charge >= 0.3 is 0 Å². The lowest BCUT2D eigenvalue weighted by atomic mass is 10.0. The minimum atomic E-state index is -0.403. The summed E-state index contributed by atoms with van der Waals surface area (Å²) in [6.07, 6.45) is 1.69. The van der Waals surface area contributed by atoms with E-state index in [0.29, 0.717) is 26.7 Å². The van der Waals surface area contributed by atoms with E-state index in [1.165, 1.54) is 4.57 Å². The molecule has 1 aromatic carbocycles. The second-order valence-corrected chi connectivity index (χ2v) is 9.69. The average Bonchev–Trinajstić information content (AvgIpc) is 3.13. The third-order valence-electron chi connectivity index (χ3n) is 5.29. The molecule has 3 heterocycles. The molecule has 0 fully saturated rings. The molecule has 0 N–H and O–H groups in total. The fourth-order valence-corrected chi connectivity index (χ4v) is 5.04. The van der Waals surface area contributed by atoms with Crippen LogP contribution in [0.4, 0.5) is 5.69 Å². The van der Waals surface area contributed by atoms with E-state index in [9.17, 15) is 9.59 Å². The predicted molar refractivity (Wildman–Crippen MR) is 121 cm³/mol. The molecule has 0 saturated heterocycles. The molecule has 4 rings (SSSR count). The second kappa shape index (κ2) is 7.10. The molecule has 3 aromatic rings. The van der Waals surface area contributed by atoms with Crippen LogP contribution in [0.15, 0.2) is 46.1 Å². The highest BCUT2D eigenvalue weighted by Gasteiger charge is 2.45. The standard InChI is InChI=1S/C22H22BrClN4O2/c1-12-10-15(11-26(5)19(12)29)27-17(13-6-8-14(24)9-7-13)18-16(20(27)30)25-21(23)28(18)22(2,3)4/h6-11,17H,1-5H3. The van der Waals surface area contributed by atoms with Gasteiger partial charge in [0.05, 0.1) is 11.4 Å². The summed E-state index contributed by atoms with van der Waals surface area (Å²) in [7, 11) is 1.69. The van der Waals surface area contributed by atoms with Crippen molar-refractivity contribution in [2.24, 2.45) is 7.05 Å². The zero-order valence-electron chi connectivity index (χ0n) is 17.4. The molecule has 1 atom stereocenters. The third-order valence-corrected chi connectivity index (χ3v) is 6.08. The van der Waals surface area contributed by atoms with E-state index in [-0.39, 0.29) is 17.0 Å². The number of aryl methyl sites for hydroxylation is 2. The lowest BCUT2D eigenvalue weighted by Gasteiger charge is -2.31. The van der Waals surface area contributed by atoms with Crippen LogP contribution < -0.4 is 10.5 Å². The van der Waals surface area contributed by atoms with E-state index in [4.69, 9.17) is 11.6 Å². The first-order valence-corrected chi connectivity index (χ1v) is 10.7. The van der Waals surface area contributed by atoms with Crippen molar-refractivity contribution < 1.29 is 4.79 Å². The second-order valence-electron chi connectivity index (χ2n) is 8.55. The quantitative estimate of drug-likeness (QED) is 0.519. The van der Waals surface area contributed by atoms with Crippen LogP contribution in [0.3, 0.4) is 0 Å². The van der Waals surface area contributed by atoms with Gasteiger partial charge in [-0.1, -0.05) is 23.7 Å². The van der Waals surface area contributed by atoms with Crippen molar-refractivity contribution in [2.75, 3.05) is 4.90 Å². The Hall–Kier alpha value is -2.38. The number of carbonyl (C=O) groups is 1. The van der Waals surface area contributed by atoms with E-state index < -0.39 is 6.04 Å². The third kappa shape index (κ3) is 3.20. The highest BCUT2D eigenvalue weighted by Crippen LogP contribution is 2.44. The molecule has 1 amide bonds. The van der Waals surface area contributed by atoms with Crippen LogP contribution >= 0.6 is 27.5 Å². The Morgan fingerprint density at radius 3 is 2.33 bits per heavy atom. The minimum Gasteiger partial charge on any atom is -0.316 e. The van der Waals surface area contributed by atoms with Crippen LogP contribution in [-0.4, -0.2) is 20.0 Å². The first-order valence-electron chi connectivity index (χ1n) is 9.55. The molecule has 1 unspecified atom stereocenters. The van der Waals surface area contributed by atoms with Gasteiger partial charge in [0.15, 0.2) is 10.4 Å². The summed E-state index contributed by atoms with van der Waals surface area (Å²) < 4.78 is 4.17. The molecule has 0 saturated carbocycles. The van der Waals surface area contributed by atoms with Crippen molar-refractivity contribution in [1.29, 1.82) is 0 Å². The number of aromatic nitrogens is 3. The molecule has 0 radical (unpaired) electrons. The number of nitrogens with zero attached hydrogens (tertiary/aromatic N) is 4. The lowest BCUT2D eigenvalue weighted by Crippen LogP contribution is -2.33. The molecule has 1 aliphatic rings. The van der Waals surface area contributed by atoms with Gasteiger partial charge in [0, 0.05) is 29.4 Å². The van der Waals surface area contributed by atoms with Gasteiger partial charge in [-0.25, -0.2) is 4.98 Å². The zero-order valence-corrected chi connectivity index (χ0v) is 19.7. The van der Waals surface area contributed by atoms with Gasteiger partial charge in [0.25, 0.3) is 11.5 Å². The monoisotopic (exact) mass is 488 g/mol. The van der Waals surface area contributed by atoms with Gasteiger partial charge in [-0.2, -0.15) is 0 Å². The van der Waals surface area contributed by atoms with Crippen molar-refractivity contribution in [2.45, 2.75) is 39.3 Å². The van der Waals surface area contributed by atoms with Crippen molar-refractivity contribution in [3.8, 4) is 0 Å². The van der Waals surface area contributed by atoms with Crippen LogP contribution in [0.1, 0.15) is 54.1 Å². The Morgan fingerprint density at radius 1 is 1.13 bits per heavy atom. The number of hydrogen-bond acceptors (Lipinski definition) is 3. The van der Waals surface area contributed by atoms with E-state index >= 15 is 0 Å². The number of anilines is 1. The molecule has 156 valence electrons. The lowest BCUT2D eigenvalue weighted by molar-refractivity contribution is 0.0989. The summed E-state index contributed by atoms with van der Waals surface area (Å²) in [5.74, 6) is -0.202. The smallest absolute Gasteiger partial charge is 0.279 e. The molecule has 0 spiro atoms. The fraction of sp³-hybridized carbons (Fsp3) is 0.318. The maximum absolute atomic E-state index is 13.6. The zero-order chi connectivity index (χ0) is 22.0. The van der Waals surface area contributed by atoms with Crippen LogP contribution in [0.25, 0.3) is 0 Å². The summed E-state index contributed by atoms with van der Waals surface area (Å²) in [6.45, 7) is 7.97. The van der Waals surface area contributed by atoms with Crippen molar-refractivity contribution >= 4 is 39.1 Å². The summed E-state index contributed by atoms with van der Waals surface area (Å²) in [6, 6.07) is 8.83. The minimum absolute atomic E-state index is 0.0916. The van der Waals surface area contributed by atoms with Crippen molar-refractivity contribution in [3.63, 3.8) is 0 Å². The van der Waals surface area contributed by atoms with Gasteiger partial charge in [0.2, 0.25) is 0 Å². The Morgan fingerprint density at radius 2 is 1.77 bits per heavy atom. The SMILES string of the molecule is Cc1cc(N2C(=O)c3nc(Br)n(C(C)(C)C)c3C2c2ccc(Cl)cc2)cn(C)c1=O. The fourth-order valence-electron chi connectivity index (χ4n) is 4.01. The normalized spacial score (nSPS) is 16.3. The number of amides is 1. The van der Waals surface area contributed by atoms with Gasteiger partial charge in [0.1, 0.15) is 6.04 Å². The van der Waals surface area contributed by atoms with Crippen LogP contribution in [-0.2, 0) is 12.6 Å². The molecular weight excluding hydrogens is 468 g/mol. The van der Waals surface area contributed by atoms with E-state index in [1.54, 1.807) is 31.1 Å². The molecule has 8 heteroatoms. The molecule has 30 heavy (non-hydrogen) atoms. The van der Waals surface area contributed by atoms with Crippen molar-refractivity contribution in [1.82, 2.24) is 14.1 Å². The molecule has 2 aromatic heterocycles. The molecule has 0 aliphatic carbocycles. The van der Waals surface area contributed by atoms with Gasteiger partial charge in [-0.3, -0.25) is 14.5 Å². The van der Waals surface area contributed by atoms with Crippen LogP contribution in [0, 0.1) is 6.92 Å². The maximum atomic E-state index is 13.6. The van der Waals surface area contributed by atoms with Gasteiger partial charge < -0.3 is 9.13 Å². The maximum Gasteiger partial charge on any atom is 0.279 e. The van der Waals surface area contributed by atoms with E-state index in [2.05, 4.69) is 41.7 Å². The Kier molecular flexibility index (Phi) is 4.94. The summed E-state index contributed by atoms with van der Waals surface area (Å²) in [5.41, 5.74) is 2.95. The molecule has 0 bridgehead atoms. The first-order chi connectivity index (χ1) is 14.0. The molecular formula is C22H22BrClN4O2. The number of pyridine rings is 1. The predicted octanol–water partition coefficient (Wildman–Crippen LogP) is 4.81. The van der Waals surface area contributed by atoms with Crippen LogP contribution in [0.2, 0.25) is 5.02 Å². The first kappa shape index (κ1) is 20.9. The number of carbonyl (C=O) groups excluding carboxylic acids is 1. The molecule has 6 nitrogen and oxygen atoms in total. The Balaban J connectivity index is 2.01. The number of fused-ring (bicyclic) bond motifs is 1. The van der Waals surface area contributed by atoms with E-state index in [0.717, 1.165) is 11.3 Å². The number of halogens is 2. The topological polar surface area (TPSA) is 60.1 Å². The van der Waals surface area contributed by atoms with E-state index in [1.807, 2.05) is 28.8 Å². The number of imidazole rings is 1. The highest BCUT2D eigenvalue weighted by molar-refractivity contribution is 9.10. The van der Waals surface area contributed by atoms with Crippen molar-refractivity contribution in [3.05, 3.63) is 79.2 Å². The number of hydrogen-bond donors (Lipinski definition) is 0. The summed E-state index contributed by atoms with van der Waals surface area (Å²) in [4.78, 5) is 32.1. The number of benzene rings is 1.